The normalized spacial score (nSPS) is 11.4. The van der Waals surface area contributed by atoms with Crippen molar-refractivity contribution in [3.8, 4) is 0 Å². The van der Waals surface area contributed by atoms with E-state index in [1.54, 1.807) is 13.8 Å². The van der Waals surface area contributed by atoms with Crippen LogP contribution in [0.25, 0.3) is 0 Å². The molecule has 0 aliphatic heterocycles. The summed E-state index contributed by atoms with van der Waals surface area (Å²) in [7, 11) is -4.13. The zero-order chi connectivity index (χ0) is 16.2. The van der Waals surface area contributed by atoms with Crippen molar-refractivity contribution in [1.29, 1.82) is 0 Å². The molecule has 0 aromatic heterocycles. The molecule has 1 aromatic carbocycles. The average molecular weight is 317 g/mol. The molecule has 3 N–H and O–H groups in total. The molecule has 118 valence electrons. The predicted octanol–water partition coefficient (Wildman–Crippen LogP) is 0.863. The zero-order valence-electron chi connectivity index (χ0n) is 12.3. The van der Waals surface area contributed by atoms with Gasteiger partial charge in [0, 0.05) is 18.8 Å². The minimum atomic E-state index is -4.13. The first-order valence-corrected chi connectivity index (χ1v) is 8.04. The summed E-state index contributed by atoms with van der Waals surface area (Å²) in [4.78, 5) is 12.7. The first-order chi connectivity index (χ1) is 9.72. The van der Waals surface area contributed by atoms with Crippen molar-refractivity contribution >= 4 is 21.6 Å². The Morgan fingerprint density at radius 2 is 1.90 bits per heavy atom. The topological polar surface area (TPSA) is 92.5 Å². The number of halogens is 1. The molecule has 0 saturated heterocycles. The van der Waals surface area contributed by atoms with Gasteiger partial charge in [-0.1, -0.05) is 0 Å². The molecule has 1 rings (SSSR count). The van der Waals surface area contributed by atoms with Gasteiger partial charge in [-0.2, -0.15) is 0 Å². The van der Waals surface area contributed by atoms with Gasteiger partial charge in [0.15, 0.2) is 0 Å². The first kappa shape index (κ1) is 17.4. The summed E-state index contributed by atoms with van der Waals surface area (Å²) in [5, 5.41) is 0. The fraction of sp³-hybridized carbons (Fsp3) is 0.462. The molecule has 21 heavy (non-hydrogen) atoms. The second-order valence-corrected chi connectivity index (χ2v) is 6.28. The first-order valence-electron chi connectivity index (χ1n) is 6.56. The number of nitrogens with two attached hydrogens (primary N) is 1. The monoisotopic (exact) mass is 317 g/mol. The van der Waals surface area contributed by atoms with Crippen molar-refractivity contribution in [3.63, 3.8) is 0 Å². The number of sulfonamides is 1. The van der Waals surface area contributed by atoms with E-state index in [0.717, 1.165) is 6.07 Å². The number of nitrogen functional groups attached to an aromatic ring is 1. The van der Waals surface area contributed by atoms with Gasteiger partial charge in [0.1, 0.15) is 10.7 Å². The molecule has 0 aliphatic carbocycles. The lowest BCUT2D eigenvalue weighted by Crippen LogP contribution is -2.40. The Labute approximate surface area is 124 Å². The maximum Gasteiger partial charge on any atom is 0.244 e. The fourth-order valence-electron chi connectivity index (χ4n) is 1.88. The Balaban J connectivity index is 2.96. The van der Waals surface area contributed by atoms with Crippen LogP contribution >= 0.6 is 0 Å². The van der Waals surface area contributed by atoms with E-state index in [-0.39, 0.29) is 17.2 Å². The largest absolute Gasteiger partial charge is 0.399 e. The fourth-order valence-corrected chi connectivity index (χ4v) is 3.04. The highest BCUT2D eigenvalue weighted by molar-refractivity contribution is 7.89. The van der Waals surface area contributed by atoms with Crippen LogP contribution < -0.4 is 10.5 Å². The molecule has 0 fully saturated rings. The number of benzene rings is 1. The predicted molar refractivity (Wildman–Crippen MR) is 78.7 cm³/mol. The van der Waals surface area contributed by atoms with Crippen LogP contribution in [-0.4, -0.2) is 38.9 Å². The van der Waals surface area contributed by atoms with Gasteiger partial charge in [-0.25, -0.2) is 17.5 Å². The molecule has 0 radical (unpaired) electrons. The number of anilines is 1. The molecule has 0 unspecified atom stereocenters. The van der Waals surface area contributed by atoms with E-state index in [1.165, 1.54) is 17.9 Å². The Kier molecular flexibility index (Phi) is 5.68. The van der Waals surface area contributed by atoms with Crippen LogP contribution in [0.1, 0.15) is 19.4 Å². The van der Waals surface area contributed by atoms with Crippen LogP contribution in [0.2, 0.25) is 0 Å². The van der Waals surface area contributed by atoms with Crippen molar-refractivity contribution in [2.45, 2.75) is 25.7 Å². The molecule has 8 heteroatoms. The molecule has 0 spiro atoms. The highest BCUT2D eigenvalue weighted by atomic mass is 32.2. The lowest BCUT2D eigenvalue weighted by molar-refractivity contribution is -0.129. The molecule has 6 nitrogen and oxygen atoms in total. The number of nitrogens with zero attached hydrogens (tertiary/aromatic N) is 1. The summed E-state index contributed by atoms with van der Waals surface area (Å²) in [6, 6.07) is 2.38. The lowest BCUT2D eigenvalue weighted by Gasteiger charge is -2.19. The van der Waals surface area contributed by atoms with Gasteiger partial charge in [0.2, 0.25) is 15.9 Å². The summed E-state index contributed by atoms with van der Waals surface area (Å²) < 4.78 is 40.2. The maximum absolute atomic E-state index is 13.9. The van der Waals surface area contributed by atoms with Crippen LogP contribution in [0.15, 0.2) is 17.0 Å². The molecule has 0 heterocycles. The Bertz CT molecular complexity index is 628. The highest BCUT2D eigenvalue weighted by Crippen LogP contribution is 2.21. The summed E-state index contributed by atoms with van der Waals surface area (Å²) in [5.74, 6) is -1.24. The molecule has 0 aliphatic rings. The van der Waals surface area contributed by atoms with E-state index in [2.05, 4.69) is 4.72 Å². The van der Waals surface area contributed by atoms with Crippen LogP contribution in [0, 0.1) is 12.7 Å². The molecule has 0 bridgehead atoms. The molecular formula is C13H20FN3O3S. The van der Waals surface area contributed by atoms with Crippen molar-refractivity contribution in [3.05, 3.63) is 23.5 Å². The van der Waals surface area contributed by atoms with Gasteiger partial charge in [0.05, 0.1) is 6.54 Å². The van der Waals surface area contributed by atoms with E-state index in [9.17, 15) is 17.6 Å². The second kappa shape index (κ2) is 6.86. The average Bonchev–Trinajstić information content (AvgIpc) is 2.42. The summed E-state index contributed by atoms with van der Waals surface area (Å²) in [5.41, 5.74) is 5.81. The number of carbonyl (C=O) groups excluding carboxylic acids is 1. The number of rotatable bonds is 6. The van der Waals surface area contributed by atoms with Crippen molar-refractivity contribution in [2.24, 2.45) is 0 Å². The number of hydrogen-bond donors (Lipinski definition) is 2. The van der Waals surface area contributed by atoms with Crippen LogP contribution in [-0.2, 0) is 14.8 Å². The molecule has 0 atom stereocenters. The minimum Gasteiger partial charge on any atom is -0.399 e. The molecule has 1 amide bonds. The number of aryl methyl sites for hydroxylation is 1. The number of amides is 1. The van der Waals surface area contributed by atoms with E-state index >= 15 is 0 Å². The molecule has 0 saturated carbocycles. The van der Waals surface area contributed by atoms with E-state index in [4.69, 9.17) is 5.73 Å². The number of likely N-dealkylation sites (N-methyl/N-ethyl adjacent to an activating group) is 1. The van der Waals surface area contributed by atoms with E-state index in [0.29, 0.717) is 13.1 Å². The van der Waals surface area contributed by atoms with E-state index in [1.807, 2.05) is 0 Å². The summed E-state index contributed by atoms with van der Waals surface area (Å²) in [6.07, 6.45) is 0. The SMILES string of the molecule is CCN(CC)C(=O)CNS(=O)(=O)c1cc(N)cc(C)c1F. The van der Waals surface area contributed by atoms with Crippen LogP contribution in [0.5, 0.6) is 0 Å². The van der Waals surface area contributed by atoms with E-state index < -0.39 is 27.3 Å². The third-order valence-corrected chi connectivity index (χ3v) is 4.46. The van der Waals surface area contributed by atoms with Crippen LogP contribution in [0.4, 0.5) is 10.1 Å². The third kappa shape index (κ3) is 4.15. The maximum atomic E-state index is 13.9. The quantitative estimate of drug-likeness (QED) is 0.761. The molecule has 1 aromatic rings. The zero-order valence-corrected chi connectivity index (χ0v) is 13.1. The summed E-state index contributed by atoms with van der Waals surface area (Å²) >= 11 is 0. The highest BCUT2D eigenvalue weighted by Gasteiger charge is 2.22. The second-order valence-electron chi connectivity index (χ2n) is 4.54. The summed E-state index contributed by atoms with van der Waals surface area (Å²) in [6.45, 7) is 5.53. The Hall–Kier alpha value is -1.67. The number of hydrogen-bond acceptors (Lipinski definition) is 4. The third-order valence-electron chi connectivity index (χ3n) is 3.06. The van der Waals surface area contributed by atoms with Crippen LogP contribution in [0.3, 0.4) is 0 Å². The number of nitrogens with one attached hydrogen (secondary N) is 1. The standard InChI is InChI=1S/C13H20FN3O3S/c1-4-17(5-2)12(18)8-16-21(19,20)11-7-10(15)6-9(3)13(11)14/h6-7,16H,4-5,8,15H2,1-3H3. The van der Waals surface area contributed by atoms with Gasteiger partial charge in [0.25, 0.3) is 0 Å². The smallest absolute Gasteiger partial charge is 0.244 e. The van der Waals surface area contributed by atoms with Gasteiger partial charge in [-0.05, 0) is 38.5 Å². The minimum absolute atomic E-state index is 0.130. The number of carbonyl (C=O) groups is 1. The lowest BCUT2D eigenvalue weighted by atomic mass is 10.2. The Morgan fingerprint density at radius 3 is 2.43 bits per heavy atom. The van der Waals surface area contributed by atoms with Crippen molar-refractivity contribution in [1.82, 2.24) is 9.62 Å². The van der Waals surface area contributed by atoms with Gasteiger partial charge >= 0.3 is 0 Å². The Morgan fingerprint density at radius 1 is 1.33 bits per heavy atom. The van der Waals surface area contributed by atoms with Gasteiger partial charge < -0.3 is 10.6 Å². The van der Waals surface area contributed by atoms with Crippen molar-refractivity contribution < 1.29 is 17.6 Å². The van der Waals surface area contributed by atoms with Crippen molar-refractivity contribution in [2.75, 3.05) is 25.4 Å². The molecular weight excluding hydrogens is 297 g/mol. The van der Waals surface area contributed by atoms with Gasteiger partial charge in [-0.3, -0.25) is 4.79 Å². The van der Waals surface area contributed by atoms with Gasteiger partial charge in [-0.15, -0.1) is 0 Å².